The van der Waals surface area contributed by atoms with E-state index in [0.717, 1.165) is 11.0 Å². The van der Waals surface area contributed by atoms with Crippen molar-refractivity contribution in [3.05, 3.63) is 30.3 Å². The van der Waals surface area contributed by atoms with Gasteiger partial charge in [0.15, 0.2) is 5.58 Å². The smallest absolute Gasteiger partial charge is 0.270 e. The fourth-order valence-corrected chi connectivity index (χ4v) is 4.53. The number of furan rings is 1. The Bertz CT molecular complexity index is 747. The number of halogens is 1. The molecule has 4 fully saturated rings. The minimum absolute atomic E-state index is 0. The van der Waals surface area contributed by atoms with Gasteiger partial charge < -0.3 is 9.73 Å². The first-order valence-corrected chi connectivity index (χ1v) is 8.15. The minimum atomic E-state index is -0.0480. The fraction of sp³-hybridized carbons (Fsp3) is 0.529. The molecule has 6 heteroatoms. The zero-order chi connectivity index (χ0) is 14.7. The van der Waals surface area contributed by atoms with Crippen molar-refractivity contribution in [3.8, 4) is 0 Å². The summed E-state index contributed by atoms with van der Waals surface area (Å²) in [6.45, 7) is 2.41. The van der Waals surface area contributed by atoms with Crippen LogP contribution in [-0.2, 0) is 0 Å². The van der Waals surface area contributed by atoms with Crippen LogP contribution in [0.15, 0.2) is 29.0 Å². The lowest BCUT2D eigenvalue weighted by Gasteiger charge is -2.52. The Morgan fingerprint density at radius 2 is 2.13 bits per heavy atom. The summed E-state index contributed by atoms with van der Waals surface area (Å²) in [5.41, 5.74) is 1.47. The second kappa shape index (κ2) is 5.21. The van der Waals surface area contributed by atoms with E-state index in [9.17, 15) is 4.79 Å². The predicted molar refractivity (Wildman–Crippen MR) is 88.8 cm³/mol. The zero-order valence-corrected chi connectivity index (χ0v) is 13.6. The summed E-state index contributed by atoms with van der Waals surface area (Å²) in [6.07, 6.45) is 8.13. The van der Waals surface area contributed by atoms with Crippen molar-refractivity contribution in [2.45, 2.75) is 37.3 Å². The monoisotopic (exact) mass is 333 g/mol. The van der Waals surface area contributed by atoms with Crippen LogP contribution in [-0.4, -0.2) is 40.5 Å². The molecule has 122 valence electrons. The van der Waals surface area contributed by atoms with Gasteiger partial charge in [-0.1, -0.05) is 0 Å². The molecule has 1 saturated carbocycles. The second-order valence-electron chi connectivity index (χ2n) is 6.91. The molecule has 1 N–H and O–H groups in total. The van der Waals surface area contributed by atoms with Crippen LogP contribution < -0.4 is 5.32 Å². The Morgan fingerprint density at radius 3 is 2.87 bits per heavy atom. The Labute approximate surface area is 140 Å². The lowest BCUT2D eigenvalue weighted by atomic mass is 9.77. The average Bonchev–Trinajstić information content (AvgIpc) is 3.18. The zero-order valence-electron chi connectivity index (χ0n) is 12.8. The summed E-state index contributed by atoms with van der Waals surface area (Å²) in [7, 11) is 0. The molecule has 1 atom stereocenters. The third-order valence-electron chi connectivity index (χ3n) is 5.84. The summed E-state index contributed by atoms with van der Waals surface area (Å²) in [5.74, 6) is 0.585. The number of rotatable bonds is 2. The number of nitrogens with zero attached hydrogens (tertiary/aromatic N) is 2. The average molecular weight is 334 g/mol. The van der Waals surface area contributed by atoms with Gasteiger partial charge in [-0.15, -0.1) is 12.4 Å². The third-order valence-corrected chi connectivity index (χ3v) is 5.84. The van der Waals surface area contributed by atoms with Gasteiger partial charge in [0.05, 0.1) is 18.5 Å². The topological polar surface area (TPSA) is 58.4 Å². The van der Waals surface area contributed by atoms with Crippen molar-refractivity contribution >= 4 is 29.3 Å². The molecule has 3 aliphatic heterocycles. The molecule has 2 bridgehead atoms. The van der Waals surface area contributed by atoms with E-state index in [-0.39, 0.29) is 23.9 Å². The number of carbonyl (C=O) groups is 1. The van der Waals surface area contributed by atoms with Crippen molar-refractivity contribution in [2.24, 2.45) is 5.92 Å². The molecule has 0 unspecified atom stereocenters. The van der Waals surface area contributed by atoms with Crippen molar-refractivity contribution in [2.75, 3.05) is 13.1 Å². The number of pyridine rings is 1. The van der Waals surface area contributed by atoms with Gasteiger partial charge in [-0.25, -0.2) is 4.98 Å². The van der Waals surface area contributed by atoms with Gasteiger partial charge in [-0.05, 0) is 56.8 Å². The quantitative estimate of drug-likeness (QED) is 0.917. The predicted octanol–water partition coefficient (Wildman–Crippen LogP) is 2.61. The maximum absolute atomic E-state index is 12.6. The van der Waals surface area contributed by atoms with E-state index in [1.807, 2.05) is 12.1 Å². The van der Waals surface area contributed by atoms with Crippen LogP contribution >= 0.6 is 12.4 Å². The summed E-state index contributed by atoms with van der Waals surface area (Å²) in [5, 5.41) is 4.23. The number of piperidine rings is 3. The van der Waals surface area contributed by atoms with E-state index in [1.54, 1.807) is 12.5 Å². The number of hydrogen-bond acceptors (Lipinski definition) is 4. The molecule has 1 spiro atoms. The van der Waals surface area contributed by atoms with Gasteiger partial charge >= 0.3 is 0 Å². The standard InChI is InChI=1S/C17H19N3O2.ClH/c21-16(13-9-12-3-8-22-14(12)10-18-13)19-15-11-1-6-20(7-2-11)17(15)4-5-17;/h3,8-11,15H,1-2,4-7H2,(H,19,21);1H/t15-;/m0./s1. The largest absolute Gasteiger partial charge is 0.463 e. The molecule has 5 heterocycles. The number of hydrogen-bond donors (Lipinski definition) is 1. The molecule has 4 aliphatic rings. The molecule has 0 aromatic carbocycles. The Hall–Kier alpha value is -1.59. The molecule has 5 nitrogen and oxygen atoms in total. The third kappa shape index (κ3) is 2.17. The summed E-state index contributed by atoms with van der Waals surface area (Å²) >= 11 is 0. The van der Waals surface area contributed by atoms with E-state index in [1.165, 1.54) is 38.8 Å². The molecule has 1 amide bonds. The van der Waals surface area contributed by atoms with Gasteiger partial charge in [0, 0.05) is 10.9 Å². The number of amides is 1. The number of carbonyl (C=O) groups excluding carboxylic acids is 1. The maximum atomic E-state index is 12.6. The molecular formula is C17H20ClN3O2. The number of fused-ring (bicyclic) bond motifs is 3. The van der Waals surface area contributed by atoms with Crippen LogP contribution in [0.3, 0.4) is 0 Å². The first-order chi connectivity index (χ1) is 10.8. The van der Waals surface area contributed by atoms with Gasteiger partial charge in [-0.3, -0.25) is 9.69 Å². The Balaban J connectivity index is 0.00000135. The first-order valence-electron chi connectivity index (χ1n) is 8.15. The lowest BCUT2D eigenvalue weighted by Crippen LogP contribution is -2.65. The van der Waals surface area contributed by atoms with Crippen molar-refractivity contribution in [1.82, 2.24) is 15.2 Å². The van der Waals surface area contributed by atoms with Gasteiger partial charge in [-0.2, -0.15) is 0 Å². The molecular weight excluding hydrogens is 314 g/mol. The second-order valence-corrected chi connectivity index (χ2v) is 6.91. The molecule has 2 aromatic heterocycles. The van der Waals surface area contributed by atoms with Gasteiger partial charge in [0.2, 0.25) is 0 Å². The van der Waals surface area contributed by atoms with Crippen molar-refractivity contribution in [3.63, 3.8) is 0 Å². The van der Waals surface area contributed by atoms with E-state index in [4.69, 9.17) is 4.42 Å². The van der Waals surface area contributed by atoms with Crippen LogP contribution in [0.1, 0.15) is 36.2 Å². The lowest BCUT2D eigenvalue weighted by molar-refractivity contribution is -0.00152. The summed E-state index contributed by atoms with van der Waals surface area (Å²) < 4.78 is 5.29. The van der Waals surface area contributed by atoms with Crippen molar-refractivity contribution < 1.29 is 9.21 Å². The molecule has 6 rings (SSSR count). The highest BCUT2D eigenvalue weighted by Gasteiger charge is 2.60. The van der Waals surface area contributed by atoms with E-state index >= 15 is 0 Å². The van der Waals surface area contributed by atoms with Gasteiger partial charge in [0.25, 0.3) is 5.91 Å². The molecule has 23 heavy (non-hydrogen) atoms. The normalized spacial score (nSPS) is 30.2. The van der Waals surface area contributed by atoms with Crippen LogP contribution in [0.5, 0.6) is 0 Å². The van der Waals surface area contributed by atoms with E-state index in [2.05, 4.69) is 15.2 Å². The minimum Gasteiger partial charge on any atom is -0.463 e. The highest BCUT2D eigenvalue weighted by Crippen LogP contribution is 2.53. The van der Waals surface area contributed by atoms with Gasteiger partial charge in [0.1, 0.15) is 5.69 Å². The van der Waals surface area contributed by atoms with Crippen LogP contribution in [0, 0.1) is 5.92 Å². The van der Waals surface area contributed by atoms with E-state index in [0.29, 0.717) is 17.7 Å². The molecule has 0 radical (unpaired) electrons. The summed E-state index contributed by atoms with van der Waals surface area (Å²) in [4.78, 5) is 19.5. The van der Waals surface area contributed by atoms with Crippen LogP contribution in [0.25, 0.3) is 11.0 Å². The van der Waals surface area contributed by atoms with Crippen LogP contribution in [0.2, 0.25) is 0 Å². The Morgan fingerprint density at radius 1 is 1.35 bits per heavy atom. The Kier molecular flexibility index (Phi) is 3.39. The van der Waals surface area contributed by atoms with E-state index < -0.39 is 0 Å². The fourth-order valence-electron chi connectivity index (χ4n) is 4.53. The SMILES string of the molecule is Cl.O=C(N[C@H]1C2CCN(CC2)C12CC2)c1cc2ccoc2cn1. The summed E-state index contributed by atoms with van der Waals surface area (Å²) in [6, 6.07) is 3.98. The number of nitrogens with one attached hydrogen (secondary N) is 1. The highest BCUT2D eigenvalue weighted by molar-refractivity contribution is 5.95. The highest BCUT2D eigenvalue weighted by atomic mass is 35.5. The molecule has 3 saturated heterocycles. The maximum Gasteiger partial charge on any atom is 0.270 e. The van der Waals surface area contributed by atoms with Crippen molar-refractivity contribution in [1.29, 1.82) is 0 Å². The first kappa shape index (κ1) is 15.0. The van der Waals surface area contributed by atoms with Crippen LogP contribution in [0.4, 0.5) is 0 Å². The molecule has 2 aromatic rings. The molecule has 1 aliphatic carbocycles. The number of aromatic nitrogens is 1.